The SMILES string of the molecule is Cc1cnc2c(C(N)C(=O)O)cccc2c1. The number of hydrogen-bond donors (Lipinski definition) is 2. The van der Waals surface area contributed by atoms with Crippen LogP contribution < -0.4 is 5.73 Å². The molecule has 1 atom stereocenters. The molecule has 4 nitrogen and oxygen atoms in total. The molecule has 2 rings (SSSR count). The fourth-order valence-corrected chi connectivity index (χ4v) is 1.68. The number of aryl methyl sites for hydroxylation is 1. The Balaban J connectivity index is 2.66. The second kappa shape index (κ2) is 3.90. The summed E-state index contributed by atoms with van der Waals surface area (Å²) in [4.78, 5) is 15.1. The molecule has 1 aromatic heterocycles. The first kappa shape index (κ1) is 10.6. The number of fused-ring (bicyclic) bond motifs is 1. The molecular formula is C12H12N2O2. The quantitative estimate of drug-likeness (QED) is 0.799. The predicted octanol–water partition coefficient (Wildman–Crippen LogP) is 1.63. The van der Waals surface area contributed by atoms with Gasteiger partial charge in [-0.25, -0.2) is 0 Å². The lowest BCUT2D eigenvalue weighted by Crippen LogP contribution is -2.21. The Morgan fingerprint density at radius 3 is 2.94 bits per heavy atom. The zero-order valence-corrected chi connectivity index (χ0v) is 8.84. The maximum atomic E-state index is 10.9. The molecule has 1 aromatic carbocycles. The lowest BCUT2D eigenvalue weighted by molar-refractivity contribution is -0.138. The minimum Gasteiger partial charge on any atom is -0.480 e. The van der Waals surface area contributed by atoms with Crippen molar-refractivity contribution >= 4 is 16.9 Å². The normalized spacial score (nSPS) is 12.6. The van der Waals surface area contributed by atoms with Crippen LogP contribution in [0.5, 0.6) is 0 Å². The third kappa shape index (κ3) is 1.75. The minimum atomic E-state index is -1.05. The molecule has 0 aliphatic carbocycles. The number of nitrogens with two attached hydrogens (primary N) is 1. The van der Waals surface area contributed by atoms with Crippen molar-refractivity contribution in [3.8, 4) is 0 Å². The van der Waals surface area contributed by atoms with Gasteiger partial charge in [-0.1, -0.05) is 18.2 Å². The molecule has 1 unspecified atom stereocenters. The summed E-state index contributed by atoms with van der Waals surface area (Å²) in [6.45, 7) is 1.94. The molecule has 0 fully saturated rings. The summed E-state index contributed by atoms with van der Waals surface area (Å²) in [7, 11) is 0. The van der Waals surface area contributed by atoms with E-state index in [2.05, 4.69) is 4.98 Å². The number of carbonyl (C=O) groups is 1. The second-order valence-electron chi connectivity index (χ2n) is 3.75. The van der Waals surface area contributed by atoms with Gasteiger partial charge in [0.1, 0.15) is 6.04 Å². The van der Waals surface area contributed by atoms with Crippen LogP contribution in [0.4, 0.5) is 0 Å². The van der Waals surface area contributed by atoms with E-state index in [0.717, 1.165) is 10.9 Å². The molecule has 0 aliphatic heterocycles. The summed E-state index contributed by atoms with van der Waals surface area (Å²) in [6, 6.07) is 6.32. The Labute approximate surface area is 92.7 Å². The summed E-state index contributed by atoms with van der Waals surface area (Å²) in [6.07, 6.45) is 1.71. The van der Waals surface area contributed by atoms with Gasteiger partial charge in [0, 0.05) is 17.1 Å². The summed E-state index contributed by atoms with van der Waals surface area (Å²) < 4.78 is 0. The molecule has 0 spiro atoms. The van der Waals surface area contributed by atoms with Crippen LogP contribution >= 0.6 is 0 Å². The third-order valence-electron chi connectivity index (χ3n) is 2.48. The van der Waals surface area contributed by atoms with Crippen LogP contribution in [0.1, 0.15) is 17.2 Å². The van der Waals surface area contributed by atoms with Gasteiger partial charge >= 0.3 is 5.97 Å². The van der Waals surface area contributed by atoms with E-state index in [4.69, 9.17) is 10.8 Å². The van der Waals surface area contributed by atoms with Crippen LogP contribution in [0.3, 0.4) is 0 Å². The average molecular weight is 216 g/mol. The highest BCUT2D eigenvalue weighted by Gasteiger charge is 2.17. The fraction of sp³-hybridized carbons (Fsp3) is 0.167. The van der Waals surface area contributed by atoms with Crippen LogP contribution in [0.25, 0.3) is 10.9 Å². The molecule has 82 valence electrons. The van der Waals surface area contributed by atoms with Gasteiger partial charge in [0.2, 0.25) is 0 Å². The van der Waals surface area contributed by atoms with Crippen molar-refractivity contribution in [1.29, 1.82) is 0 Å². The van der Waals surface area contributed by atoms with Gasteiger partial charge in [0.15, 0.2) is 0 Å². The van der Waals surface area contributed by atoms with E-state index in [1.807, 2.05) is 19.1 Å². The van der Waals surface area contributed by atoms with Crippen molar-refractivity contribution in [2.75, 3.05) is 0 Å². The Hall–Kier alpha value is -1.94. The Kier molecular flexibility index (Phi) is 2.58. The molecule has 0 saturated carbocycles. The van der Waals surface area contributed by atoms with Gasteiger partial charge < -0.3 is 10.8 Å². The molecule has 0 radical (unpaired) electrons. The number of hydrogen-bond acceptors (Lipinski definition) is 3. The standard InChI is InChI=1S/C12H12N2O2/c1-7-5-8-3-2-4-9(10(13)12(15)16)11(8)14-6-7/h2-6,10H,13H2,1H3,(H,15,16). The van der Waals surface area contributed by atoms with E-state index >= 15 is 0 Å². The van der Waals surface area contributed by atoms with E-state index in [0.29, 0.717) is 11.1 Å². The highest BCUT2D eigenvalue weighted by atomic mass is 16.4. The highest BCUT2D eigenvalue weighted by molar-refractivity contribution is 5.87. The first-order chi connectivity index (χ1) is 7.59. The molecule has 2 aromatic rings. The number of para-hydroxylation sites is 1. The smallest absolute Gasteiger partial charge is 0.325 e. The monoisotopic (exact) mass is 216 g/mol. The fourth-order valence-electron chi connectivity index (χ4n) is 1.68. The molecular weight excluding hydrogens is 204 g/mol. The highest BCUT2D eigenvalue weighted by Crippen LogP contribution is 2.22. The van der Waals surface area contributed by atoms with Crippen LogP contribution in [0.15, 0.2) is 30.5 Å². The topological polar surface area (TPSA) is 76.2 Å². The van der Waals surface area contributed by atoms with Gasteiger partial charge in [-0.2, -0.15) is 0 Å². The lowest BCUT2D eigenvalue weighted by Gasteiger charge is -2.09. The minimum absolute atomic E-state index is 0.546. The van der Waals surface area contributed by atoms with E-state index in [1.165, 1.54) is 0 Å². The number of aromatic nitrogens is 1. The van der Waals surface area contributed by atoms with Crippen molar-refractivity contribution in [2.45, 2.75) is 13.0 Å². The molecule has 0 saturated heterocycles. The second-order valence-corrected chi connectivity index (χ2v) is 3.75. The van der Waals surface area contributed by atoms with Crippen LogP contribution in [-0.4, -0.2) is 16.1 Å². The predicted molar refractivity (Wildman–Crippen MR) is 61.0 cm³/mol. The zero-order chi connectivity index (χ0) is 11.7. The first-order valence-electron chi connectivity index (χ1n) is 4.93. The van der Waals surface area contributed by atoms with E-state index < -0.39 is 12.0 Å². The number of benzene rings is 1. The largest absolute Gasteiger partial charge is 0.480 e. The molecule has 0 amide bonds. The summed E-state index contributed by atoms with van der Waals surface area (Å²) >= 11 is 0. The number of rotatable bonds is 2. The summed E-state index contributed by atoms with van der Waals surface area (Å²) in [5, 5.41) is 9.81. The molecule has 1 heterocycles. The van der Waals surface area contributed by atoms with Gasteiger partial charge in [-0.05, 0) is 18.6 Å². The Morgan fingerprint density at radius 2 is 2.25 bits per heavy atom. The van der Waals surface area contributed by atoms with Crippen molar-refractivity contribution in [3.63, 3.8) is 0 Å². The zero-order valence-electron chi connectivity index (χ0n) is 8.84. The van der Waals surface area contributed by atoms with Crippen LogP contribution in [0, 0.1) is 6.92 Å². The van der Waals surface area contributed by atoms with Crippen LogP contribution in [0.2, 0.25) is 0 Å². The van der Waals surface area contributed by atoms with Crippen molar-refractivity contribution < 1.29 is 9.90 Å². The molecule has 3 N–H and O–H groups in total. The summed E-state index contributed by atoms with van der Waals surface area (Å²) in [5.41, 5.74) is 7.84. The third-order valence-corrected chi connectivity index (χ3v) is 2.48. The summed E-state index contributed by atoms with van der Waals surface area (Å²) in [5.74, 6) is -1.05. The maximum absolute atomic E-state index is 10.9. The number of pyridine rings is 1. The lowest BCUT2D eigenvalue weighted by atomic mass is 10.0. The number of nitrogens with zero attached hydrogens (tertiary/aromatic N) is 1. The van der Waals surface area contributed by atoms with Crippen molar-refractivity contribution in [2.24, 2.45) is 5.73 Å². The average Bonchev–Trinajstić information content (AvgIpc) is 2.26. The van der Waals surface area contributed by atoms with E-state index in [1.54, 1.807) is 18.3 Å². The van der Waals surface area contributed by atoms with Crippen molar-refractivity contribution in [3.05, 3.63) is 41.6 Å². The van der Waals surface area contributed by atoms with Gasteiger partial charge in [-0.15, -0.1) is 0 Å². The van der Waals surface area contributed by atoms with Crippen LogP contribution in [-0.2, 0) is 4.79 Å². The first-order valence-corrected chi connectivity index (χ1v) is 4.93. The molecule has 0 bridgehead atoms. The Morgan fingerprint density at radius 1 is 1.50 bits per heavy atom. The van der Waals surface area contributed by atoms with Gasteiger partial charge in [-0.3, -0.25) is 9.78 Å². The van der Waals surface area contributed by atoms with Gasteiger partial charge in [0.25, 0.3) is 0 Å². The molecule has 16 heavy (non-hydrogen) atoms. The number of carboxylic acids is 1. The van der Waals surface area contributed by atoms with E-state index in [9.17, 15) is 4.79 Å². The maximum Gasteiger partial charge on any atom is 0.325 e. The number of carboxylic acid groups (broad SMARTS) is 1. The van der Waals surface area contributed by atoms with Gasteiger partial charge in [0.05, 0.1) is 5.52 Å². The van der Waals surface area contributed by atoms with Crippen molar-refractivity contribution in [1.82, 2.24) is 4.98 Å². The number of aliphatic carboxylic acids is 1. The molecule has 0 aliphatic rings. The molecule has 4 heteroatoms. The Bertz CT molecular complexity index is 552. The van der Waals surface area contributed by atoms with E-state index in [-0.39, 0.29) is 0 Å².